The molecule has 0 atom stereocenters. The third-order valence-electron chi connectivity index (χ3n) is 13.6. The maximum atomic E-state index is 2.61. The smallest absolute Gasteiger partial charge is 0.0627 e. The molecule has 0 aliphatic heterocycles. The van der Waals surface area contributed by atoms with Gasteiger partial charge in [0.1, 0.15) is 0 Å². The highest BCUT2D eigenvalue weighted by Crippen LogP contribution is 2.51. The van der Waals surface area contributed by atoms with Crippen molar-refractivity contribution in [2.75, 3.05) is 0 Å². The Labute approximate surface area is 336 Å². The summed E-state index contributed by atoms with van der Waals surface area (Å²) >= 11 is 0. The van der Waals surface area contributed by atoms with Crippen LogP contribution in [0.5, 0.6) is 0 Å². The third kappa shape index (κ3) is 3.58. The average molecular weight is 746 g/mol. The third-order valence-corrected chi connectivity index (χ3v) is 13.6. The molecule has 0 saturated heterocycles. The van der Waals surface area contributed by atoms with Crippen LogP contribution in [0, 0.1) is 0 Å². The van der Waals surface area contributed by atoms with Crippen LogP contribution in [-0.2, 0) is 0 Å². The van der Waals surface area contributed by atoms with Gasteiger partial charge in [-0.2, -0.15) is 0 Å². The summed E-state index contributed by atoms with van der Waals surface area (Å²) in [4.78, 5) is 0. The Hall–Kier alpha value is -7.88. The Morgan fingerprint density at radius 2 is 0.797 bits per heavy atom. The second-order valence-corrected chi connectivity index (χ2v) is 16.4. The highest BCUT2D eigenvalue weighted by Gasteiger charge is 2.27. The maximum absolute atomic E-state index is 2.61. The molecular formula is C56H31N3. The van der Waals surface area contributed by atoms with Gasteiger partial charge in [-0.25, -0.2) is 0 Å². The van der Waals surface area contributed by atoms with E-state index in [1.165, 1.54) is 136 Å². The van der Waals surface area contributed by atoms with Gasteiger partial charge in [-0.1, -0.05) is 127 Å². The van der Waals surface area contributed by atoms with Crippen molar-refractivity contribution in [1.82, 2.24) is 13.4 Å². The molecule has 0 unspecified atom stereocenters. The quantitative estimate of drug-likeness (QED) is 0.167. The molecule has 0 saturated carbocycles. The second-order valence-electron chi connectivity index (χ2n) is 16.4. The summed E-state index contributed by atoms with van der Waals surface area (Å²) in [6, 6.07) is 70.2. The lowest BCUT2D eigenvalue weighted by Gasteiger charge is -2.10. The van der Waals surface area contributed by atoms with Crippen LogP contribution in [0.25, 0.3) is 136 Å². The number of rotatable bonds is 2. The standard InChI is InChI=1S/C56H31N3/c1-2-15-35(16-3-1)57-45-23-10-8-19-39(45)42-29-34(25-26-47(42)57)38-21-12-22-41-44-31-33-14-5-7-18-37(33)51-53-49(59(54(38)41)56(44)51)28-27-48-52(53)50-36-17-6-4-13-32(36)30-43-40-20-9-11-24-46(40)58(48)55(43)50/h1-31H. The SMILES string of the molecule is c1ccc(-n2c3ccccc3c3cc(-c4cccc5c6cc7ccccc7c7c8c9c%10c%11ccccc%11cc%11c%12ccccc%12n(c9ccc8n(c45)c67)c%11%10)ccc32)cc1. The zero-order valence-electron chi connectivity index (χ0n) is 31.7. The molecule has 270 valence electrons. The van der Waals surface area contributed by atoms with E-state index in [9.17, 15) is 0 Å². The Bertz CT molecular complexity index is 4290. The van der Waals surface area contributed by atoms with E-state index >= 15 is 0 Å². The molecule has 0 aliphatic carbocycles. The fourth-order valence-electron chi connectivity index (χ4n) is 11.4. The van der Waals surface area contributed by atoms with E-state index in [4.69, 9.17) is 0 Å². The summed E-state index contributed by atoms with van der Waals surface area (Å²) in [5.41, 5.74) is 13.7. The zero-order chi connectivity index (χ0) is 38.1. The van der Waals surface area contributed by atoms with Gasteiger partial charge < -0.3 is 13.4 Å². The monoisotopic (exact) mass is 745 g/mol. The van der Waals surface area contributed by atoms with Gasteiger partial charge in [0.25, 0.3) is 0 Å². The first-order chi connectivity index (χ1) is 29.3. The molecule has 0 radical (unpaired) electrons. The van der Waals surface area contributed by atoms with Gasteiger partial charge >= 0.3 is 0 Å². The van der Waals surface area contributed by atoms with Gasteiger partial charge in [0.15, 0.2) is 0 Å². The van der Waals surface area contributed by atoms with Crippen molar-refractivity contribution in [3.8, 4) is 16.8 Å². The fourth-order valence-corrected chi connectivity index (χ4v) is 11.4. The van der Waals surface area contributed by atoms with Crippen molar-refractivity contribution in [1.29, 1.82) is 0 Å². The molecule has 0 N–H and O–H groups in total. The molecule has 0 bridgehead atoms. The first kappa shape index (κ1) is 30.3. The highest BCUT2D eigenvalue weighted by atomic mass is 15.0. The van der Waals surface area contributed by atoms with Crippen LogP contribution in [0.15, 0.2) is 188 Å². The summed E-state index contributed by atoms with van der Waals surface area (Å²) < 4.78 is 7.56. The minimum Gasteiger partial charge on any atom is -0.309 e. The van der Waals surface area contributed by atoms with Gasteiger partial charge in [0.2, 0.25) is 0 Å². The lowest BCUT2D eigenvalue weighted by Crippen LogP contribution is -1.93. The summed E-state index contributed by atoms with van der Waals surface area (Å²) in [6.07, 6.45) is 0. The molecule has 5 aromatic heterocycles. The van der Waals surface area contributed by atoms with Crippen molar-refractivity contribution in [2.45, 2.75) is 0 Å². The van der Waals surface area contributed by atoms with Gasteiger partial charge in [0, 0.05) is 65.1 Å². The van der Waals surface area contributed by atoms with Crippen molar-refractivity contribution < 1.29 is 0 Å². The summed E-state index contributed by atoms with van der Waals surface area (Å²) in [5, 5.41) is 18.2. The Balaban J connectivity index is 1.14. The predicted octanol–water partition coefficient (Wildman–Crippen LogP) is 15.1. The van der Waals surface area contributed by atoms with Crippen LogP contribution in [0.2, 0.25) is 0 Å². The first-order valence-corrected chi connectivity index (χ1v) is 20.5. The summed E-state index contributed by atoms with van der Waals surface area (Å²) in [7, 11) is 0. The fraction of sp³-hybridized carbons (Fsp3) is 0. The number of benzene rings is 10. The topological polar surface area (TPSA) is 13.8 Å². The van der Waals surface area contributed by atoms with Crippen molar-refractivity contribution in [2.24, 2.45) is 0 Å². The molecule has 0 aliphatic rings. The van der Waals surface area contributed by atoms with Crippen LogP contribution in [-0.4, -0.2) is 13.4 Å². The Kier molecular flexibility index (Phi) is 5.41. The van der Waals surface area contributed by atoms with Gasteiger partial charge in [0.05, 0.1) is 44.1 Å². The van der Waals surface area contributed by atoms with E-state index in [0.29, 0.717) is 0 Å². The van der Waals surface area contributed by atoms with Crippen LogP contribution >= 0.6 is 0 Å². The van der Waals surface area contributed by atoms with Gasteiger partial charge in [-0.15, -0.1) is 0 Å². The number of fused-ring (bicyclic) bond motifs is 20. The van der Waals surface area contributed by atoms with Crippen LogP contribution < -0.4 is 0 Å². The number of hydrogen-bond donors (Lipinski definition) is 0. The molecule has 0 spiro atoms. The molecule has 0 amide bonds. The van der Waals surface area contributed by atoms with E-state index in [1.54, 1.807) is 0 Å². The number of aromatic nitrogens is 3. The van der Waals surface area contributed by atoms with Crippen molar-refractivity contribution >= 4 is 120 Å². The van der Waals surface area contributed by atoms with Crippen LogP contribution in [0.1, 0.15) is 0 Å². The van der Waals surface area contributed by atoms with Crippen molar-refractivity contribution in [3.05, 3.63) is 188 Å². The second kappa shape index (κ2) is 10.5. The van der Waals surface area contributed by atoms with Gasteiger partial charge in [-0.05, 0) is 87.8 Å². The minimum absolute atomic E-state index is 1.17. The average Bonchev–Trinajstić information content (AvgIpc) is 4.09. The Morgan fingerprint density at radius 1 is 0.271 bits per heavy atom. The first-order valence-electron chi connectivity index (χ1n) is 20.5. The molecule has 5 heterocycles. The maximum Gasteiger partial charge on any atom is 0.0627 e. The Morgan fingerprint density at radius 3 is 1.53 bits per heavy atom. The molecule has 59 heavy (non-hydrogen) atoms. The van der Waals surface area contributed by atoms with Gasteiger partial charge in [-0.3, -0.25) is 0 Å². The number of hydrogen-bond acceptors (Lipinski definition) is 0. The number of para-hydroxylation sites is 4. The van der Waals surface area contributed by atoms with Crippen LogP contribution in [0.4, 0.5) is 0 Å². The molecule has 10 aromatic carbocycles. The summed E-state index contributed by atoms with van der Waals surface area (Å²) in [5.74, 6) is 0. The van der Waals surface area contributed by atoms with E-state index in [-0.39, 0.29) is 0 Å². The predicted molar refractivity (Wildman–Crippen MR) is 251 cm³/mol. The van der Waals surface area contributed by atoms with E-state index < -0.39 is 0 Å². The van der Waals surface area contributed by atoms with Crippen molar-refractivity contribution in [3.63, 3.8) is 0 Å². The van der Waals surface area contributed by atoms with Crippen LogP contribution in [0.3, 0.4) is 0 Å². The lowest BCUT2D eigenvalue weighted by molar-refractivity contribution is 1.18. The van der Waals surface area contributed by atoms with E-state index in [0.717, 1.165) is 0 Å². The minimum atomic E-state index is 1.17. The largest absolute Gasteiger partial charge is 0.309 e. The normalized spacial score (nSPS) is 12.7. The molecule has 3 heteroatoms. The highest BCUT2D eigenvalue weighted by molar-refractivity contribution is 6.42. The zero-order valence-corrected chi connectivity index (χ0v) is 31.7. The molecule has 15 aromatic rings. The number of nitrogens with zero attached hydrogens (tertiary/aromatic N) is 3. The molecule has 15 rings (SSSR count). The molecule has 3 nitrogen and oxygen atoms in total. The molecule has 0 fully saturated rings. The van der Waals surface area contributed by atoms with E-state index in [1.807, 2.05) is 0 Å². The van der Waals surface area contributed by atoms with E-state index in [2.05, 4.69) is 201 Å². The summed E-state index contributed by atoms with van der Waals surface area (Å²) in [6.45, 7) is 0. The lowest BCUT2D eigenvalue weighted by atomic mass is 9.95. The molecular weight excluding hydrogens is 715 g/mol.